The molecule has 100 valence electrons. The number of halogens is 1. The summed E-state index contributed by atoms with van der Waals surface area (Å²) in [6.45, 7) is 1.96. The fourth-order valence-corrected chi connectivity index (χ4v) is 2.23. The van der Waals surface area contributed by atoms with Gasteiger partial charge in [0.15, 0.2) is 0 Å². The lowest BCUT2D eigenvalue weighted by atomic mass is 10.1. The van der Waals surface area contributed by atoms with E-state index in [1.165, 1.54) is 0 Å². The Labute approximate surface area is 121 Å². The van der Waals surface area contributed by atoms with Crippen LogP contribution in [-0.2, 0) is 0 Å². The first kappa shape index (κ1) is 12.7. The van der Waals surface area contributed by atoms with Crippen LogP contribution in [0.5, 0.6) is 0 Å². The van der Waals surface area contributed by atoms with Crippen molar-refractivity contribution < 1.29 is 4.52 Å². The van der Waals surface area contributed by atoms with Gasteiger partial charge in [-0.15, -0.1) is 0 Å². The summed E-state index contributed by atoms with van der Waals surface area (Å²) >= 11 is 6.12. The molecule has 2 N–H and O–H groups in total. The van der Waals surface area contributed by atoms with Gasteiger partial charge in [-0.25, -0.2) is 0 Å². The molecule has 0 amide bonds. The predicted octanol–water partition coefficient (Wildman–Crippen LogP) is 3.95. The molecule has 20 heavy (non-hydrogen) atoms. The summed E-state index contributed by atoms with van der Waals surface area (Å²) < 4.78 is 5.29. The number of hydrogen-bond donors (Lipinski definition) is 1. The lowest BCUT2D eigenvalue weighted by Crippen LogP contribution is -1.90. The van der Waals surface area contributed by atoms with Crippen LogP contribution in [0.2, 0.25) is 5.02 Å². The van der Waals surface area contributed by atoms with Crippen LogP contribution in [0.25, 0.3) is 22.8 Å². The highest BCUT2D eigenvalue weighted by Gasteiger charge is 2.14. The summed E-state index contributed by atoms with van der Waals surface area (Å²) in [7, 11) is 0. The highest BCUT2D eigenvalue weighted by Crippen LogP contribution is 2.29. The summed E-state index contributed by atoms with van der Waals surface area (Å²) in [4.78, 5) is 4.40. The van der Waals surface area contributed by atoms with E-state index >= 15 is 0 Å². The Morgan fingerprint density at radius 1 is 1.10 bits per heavy atom. The monoisotopic (exact) mass is 285 g/mol. The molecule has 0 saturated carbocycles. The second kappa shape index (κ2) is 4.98. The number of nitrogens with two attached hydrogens (primary N) is 1. The minimum Gasteiger partial charge on any atom is -0.399 e. The van der Waals surface area contributed by atoms with Gasteiger partial charge in [0.2, 0.25) is 5.82 Å². The van der Waals surface area contributed by atoms with Gasteiger partial charge in [-0.05, 0) is 42.8 Å². The van der Waals surface area contributed by atoms with Crippen molar-refractivity contribution in [1.82, 2.24) is 10.1 Å². The fraction of sp³-hybridized carbons (Fsp3) is 0.0667. The molecule has 0 radical (unpaired) electrons. The highest BCUT2D eigenvalue weighted by molar-refractivity contribution is 6.33. The summed E-state index contributed by atoms with van der Waals surface area (Å²) in [5.74, 6) is 0.930. The second-order valence-electron chi connectivity index (χ2n) is 4.48. The van der Waals surface area contributed by atoms with Crippen LogP contribution in [0.4, 0.5) is 5.69 Å². The van der Waals surface area contributed by atoms with Crippen LogP contribution < -0.4 is 5.73 Å². The molecule has 3 rings (SSSR count). The summed E-state index contributed by atoms with van der Waals surface area (Å²) in [6.07, 6.45) is 0. The molecule has 0 saturated heterocycles. The van der Waals surface area contributed by atoms with E-state index in [1.54, 1.807) is 6.07 Å². The van der Waals surface area contributed by atoms with E-state index < -0.39 is 0 Å². The molecule has 0 aliphatic rings. The van der Waals surface area contributed by atoms with Crippen molar-refractivity contribution in [3.63, 3.8) is 0 Å². The first-order valence-corrected chi connectivity index (χ1v) is 6.48. The Hall–Kier alpha value is -2.33. The van der Waals surface area contributed by atoms with E-state index in [9.17, 15) is 0 Å². The smallest absolute Gasteiger partial charge is 0.259 e. The van der Waals surface area contributed by atoms with Gasteiger partial charge < -0.3 is 10.3 Å². The molecule has 0 aliphatic heterocycles. The molecule has 4 nitrogen and oxygen atoms in total. The van der Waals surface area contributed by atoms with E-state index in [2.05, 4.69) is 10.1 Å². The van der Waals surface area contributed by atoms with Crippen LogP contribution in [0.15, 0.2) is 47.0 Å². The van der Waals surface area contributed by atoms with Crippen LogP contribution >= 0.6 is 11.6 Å². The van der Waals surface area contributed by atoms with Gasteiger partial charge in [-0.3, -0.25) is 0 Å². The maximum Gasteiger partial charge on any atom is 0.259 e. The number of benzene rings is 2. The Balaban J connectivity index is 2.04. The van der Waals surface area contributed by atoms with Gasteiger partial charge in [0, 0.05) is 11.3 Å². The topological polar surface area (TPSA) is 64.9 Å². The lowest BCUT2D eigenvalue weighted by Gasteiger charge is -2.01. The molecule has 3 aromatic rings. The average Bonchev–Trinajstić information content (AvgIpc) is 2.88. The van der Waals surface area contributed by atoms with Crippen molar-refractivity contribution in [3.8, 4) is 22.8 Å². The van der Waals surface area contributed by atoms with Gasteiger partial charge >= 0.3 is 0 Å². The fourth-order valence-electron chi connectivity index (χ4n) is 2.01. The van der Waals surface area contributed by atoms with Crippen molar-refractivity contribution in [2.45, 2.75) is 6.92 Å². The number of nitrogen functional groups attached to an aromatic ring is 1. The maximum atomic E-state index is 6.12. The third-order valence-electron chi connectivity index (χ3n) is 3.02. The van der Waals surface area contributed by atoms with E-state index in [-0.39, 0.29) is 0 Å². The normalized spacial score (nSPS) is 10.7. The highest BCUT2D eigenvalue weighted by atomic mass is 35.5. The first-order valence-electron chi connectivity index (χ1n) is 6.10. The number of rotatable bonds is 2. The molecule has 0 unspecified atom stereocenters. The predicted molar refractivity (Wildman–Crippen MR) is 79.3 cm³/mol. The third kappa shape index (κ3) is 2.26. The number of aryl methyl sites for hydroxylation is 1. The standard InChI is InChI=1S/C15H12ClN3O/c1-9-8-10(17)6-7-11(9)14-18-15(20-19-14)12-4-2-3-5-13(12)16/h2-8H,17H2,1H3. The average molecular weight is 286 g/mol. The zero-order valence-electron chi connectivity index (χ0n) is 10.8. The van der Waals surface area contributed by atoms with Crippen molar-refractivity contribution in [2.75, 3.05) is 5.73 Å². The summed E-state index contributed by atoms with van der Waals surface area (Å²) in [5.41, 5.74) is 9.06. The molecule has 1 aromatic heterocycles. The van der Waals surface area contributed by atoms with Crippen molar-refractivity contribution in [1.29, 1.82) is 0 Å². The molecule has 0 aliphatic carbocycles. The molecule has 0 fully saturated rings. The van der Waals surface area contributed by atoms with Crippen LogP contribution in [-0.4, -0.2) is 10.1 Å². The number of aromatic nitrogens is 2. The van der Waals surface area contributed by atoms with Gasteiger partial charge in [-0.2, -0.15) is 4.98 Å². The van der Waals surface area contributed by atoms with E-state index in [0.29, 0.717) is 22.4 Å². The van der Waals surface area contributed by atoms with E-state index in [0.717, 1.165) is 16.7 Å². The molecular formula is C15H12ClN3O. The van der Waals surface area contributed by atoms with Gasteiger partial charge in [0.05, 0.1) is 10.6 Å². The molecular weight excluding hydrogens is 274 g/mol. The molecule has 1 heterocycles. The Morgan fingerprint density at radius 3 is 2.65 bits per heavy atom. The molecule has 0 spiro atoms. The van der Waals surface area contributed by atoms with Crippen LogP contribution in [0, 0.1) is 6.92 Å². The molecule has 0 atom stereocenters. The minimum absolute atomic E-state index is 0.404. The Bertz CT molecular complexity index is 767. The maximum absolute atomic E-state index is 6.12. The van der Waals surface area contributed by atoms with Gasteiger partial charge in [0.25, 0.3) is 5.89 Å². The molecule has 2 aromatic carbocycles. The van der Waals surface area contributed by atoms with Crippen LogP contribution in [0.1, 0.15) is 5.56 Å². The quantitative estimate of drug-likeness (QED) is 0.724. The van der Waals surface area contributed by atoms with Gasteiger partial charge in [-0.1, -0.05) is 28.9 Å². The Kier molecular flexibility index (Phi) is 3.16. The Morgan fingerprint density at radius 2 is 1.90 bits per heavy atom. The van der Waals surface area contributed by atoms with Crippen molar-refractivity contribution in [2.24, 2.45) is 0 Å². The van der Waals surface area contributed by atoms with E-state index in [1.807, 2.05) is 43.3 Å². The molecule has 0 bridgehead atoms. The summed E-state index contributed by atoms with van der Waals surface area (Å²) in [6, 6.07) is 12.9. The van der Waals surface area contributed by atoms with Crippen molar-refractivity contribution >= 4 is 17.3 Å². The largest absolute Gasteiger partial charge is 0.399 e. The summed E-state index contributed by atoms with van der Waals surface area (Å²) in [5, 5.41) is 4.59. The molecule has 5 heteroatoms. The zero-order chi connectivity index (χ0) is 14.1. The van der Waals surface area contributed by atoms with Crippen molar-refractivity contribution in [3.05, 3.63) is 53.1 Å². The number of hydrogen-bond acceptors (Lipinski definition) is 4. The first-order chi connectivity index (χ1) is 9.65. The van der Waals surface area contributed by atoms with E-state index in [4.69, 9.17) is 21.9 Å². The van der Waals surface area contributed by atoms with Gasteiger partial charge in [0.1, 0.15) is 0 Å². The number of anilines is 1. The zero-order valence-corrected chi connectivity index (χ0v) is 11.6. The lowest BCUT2D eigenvalue weighted by molar-refractivity contribution is 0.432. The van der Waals surface area contributed by atoms with Crippen LogP contribution in [0.3, 0.4) is 0 Å². The SMILES string of the molecule is Cc1cc(N)ccc1-c1noc(-c2ccccc2Cl)n1. The third-order valence-corrected chi connectivity index (χ3v) is 3.35. The second-order valence-corrected chi connectivity index (χ2v) is 4.88. The minimum atomic E-state index is 0.404. The number of nitrogens with zero attached hydrogens (tertiary/aromatic N) is 2.